The number of carbonyl (C=O) groups excluding carboxylic acids is 2. The summed E-state index contributed by atoms with van der Waals surface area (Å²) in [7, 11) is 1.75. The van der Waals surface area contributed by atoms with Gasteiger partial charge >= 0.3 is 6.03 Å². The molecule has 3 heterocycles. The van der Waals surface area contributed by atoms with Gasteiger partial charge in [-0.2, -0.15) is 0 Å². The quantitative estimate of drug-likeness (QED) is 0.648. The molecule has 3 N–H and O–H groups in total. The third-order valence-corrected chi connectivity index (χ3v) is 4.30. The molecule has 3 amide bonds. The van der Waals surface area contributed by atoms with Crippen molar-refractivity contribution in [3.8, 4) is 11.5 Å². The number of nitrogens with zero attached hydrogens (tertiary/aromatic N) is 3. The zero-order chi connectivity index (χ0) is 20.8. The summed E-state index contributed by atoms with van der Waals surface area (Å²) in [6, 6.07) is 6.28. The highest BCUT2D eigenvalue weighted by atomic mass is 16.5. The third-order valence-electron chi connectivity index (χ3n) is 4.30. The number of amides is 3. The highest BCUT2D eigenvalue weighted by Gasteiger charge is 2.26. The van der Waals surface area contributed by atoms with E-state index in [0.717, 1.165) is 0 Å². The van der Waals surface area contributed by atoms with Crippen LogP contribution in [-0.2, 0) is 4.79 Å². The number of aryl methyl sites for hydroxylation is 1. The Hall–Kier alpha value is -3.75. The Kier molecular flexibility index (Phi) is 6.18. The van der Waals surface area contributed by atoms with Crippen molar-refractivity contribution in [2.75, 3.05) is 18.9 Å². The van der Waals surface area contributed by atoms with Gasteiger partial charge in [-0.3, -0.25) is 20.0 Å². The molecule has 0 saturated carbocycles. The molecule has 0 unspecified atom stereocenters. The number of hydrogen-bond donors (Lipinski definition) is 3. The zero-order valence-corrected chi connectivity index (χ0v) is 16.2. The van der Waals surface area contributed by atoms with Gasteiger partial charge in [0, 0.05) is 50.3 Å². The maximum atomic E-state index is 12.2. The number of allylic oxidation sites excluding steroid dienone is 1. The lowest BCUT2D eigenvalue weighted by molar-refractivity contribution is -0.125. The van der Waals surface area contributed by atoms with Crippen LogP contribution in [0.15, 0.2) is 36.7 Å². The number of rotatable bonds is 6. The van der Waals surface area contributed by atoms with E-state index in [4.69, 9.17) is 10.1 Å². The molecule has 1 saturated heterocycles. The van der Waals surface area contributed by atoms with Crippen LogP contribution in [0.1, 0.15) is 24.2 Å². The average Bonchev–Trinajstić information content (AvgIpc) is 3.14. The van der Waals surface area contributed by atoms with Crippen molar-refractivity contribution in [3.63, 3.8) is 0 Å². The number of anilines is 1. The summed E-state index contributed by atoms with van der Waals surface area (Å²) in [5.41, 5.74) is 1.78. The van der Waals surface area contributed by atoms with Crippen LogP contribution in [0.4, 0.5) is 10.6 Å². The minimum atomic E-state index is -0.470. The molecule has 0 radical (unpaired) electrons. The molecular weight excluding hydrogens is 372 g/mol. The number of carbonyl (C=O) groups is 2. The highest BCUT2D eigenvalue weighted by Crippen LogP contribution is 2.26. The number of pyridine rings is 2. The molecule has 3 rings (SSSR count). The van der Waals surface area contributed by atoms with Crippen molar-refractivity contribution in [2.24, 2.45) is 0 Å². The fourth-order valence-electron chi connectivity index (χ4n) is 2.87. The summed E-state index contributed by atoms with van der Waals surface area (Å²) in [6.07, 6.45) is 5.56. The number of likely N-dealkylation sites (tertiary alicyclic amines) is 1. The van der Waals surface area contributed by atoms with Crippen LogP contribution in [0.3, 0.4) is 0 Å². The van der Waals surface area contributed by atoms with Crippen molar-refractivity contribution >= 4 is 29.5 Å². The van der Waals surface area contributed by atoms with E-state index in [-0.39, 0.29) is 5.91 Å². The van der Waals surface area contributed by atoms with Crippen LogP contribution in [0.25, 0.3) is 5.57 Å². The van der Waals surface area contributed by atoms with Crippen LogP contribution in [0.5, 0.6) is 11.5 Å². The van der Waals surface area contributed by atoms with Crippen molar-refractivity contribution in [3.05, 3.63) is 48.1 Å². The predicted octanol–water partition coefficient (Wildman–Crippen LogP) is 2.94. The number of hydrogen-bond acceptors (Lipinski definition) is 7. The first-order valence-corrected chi connectivity index (χ1v) is 9.13. The molecule has 1 aliphatic rings. The average molecular weight is 394 g/mol. The van der Waals surface area contributed by atoms with Gasteiger partial charge in [-0.05, 0) is 31.5 Å². The largest absolute Gasteiger partial charge is 0.455 e. The summed E-state index contributed by atoms with van der Waals surface area (Å²) in [5, 5.41) is 13.0. The normalized spacial score (nSPS) is 13.9. The van der Waals surface area contributed by atoms with E-state index < -0.39 is 6.03 Å². The Morgan fingerprint density at radius 1 is 1.34 bits per heavy atom. The molecule has 2 aromatic rings. The van der Waals surface area contributed by atoms with Gasteiger partial charge in [0.15, 0.2) is 0 Å². The molecular formula is C20H22N6O3. The van der Waals surface area contributed by atoms with Crippen molar-refractivity contribution < 1.29 is 14.3 Å². The van der Waals surface area contributed by atoms with E-state index >= 15 is 0 Å². The molecule has 0 spiro atoms. The molecule has 29 heavy (non-hydrogen) atoms. The highest BCUT2D eigenvalue weighted by molar-refractivity contribution is 6.07. The van der Waals surface area contributed by atoms with Gasteiger partial charge in [-0.15, -0.1) is 0 Å². The number of nitrogens with one attached hydrogen (secondary N) is 3. The summed E-state index contributed by atoms with van der Waals surface area (Å²) in [5.74, 6) is 1.23. The van der Waals surface area contributed by atoms with Crippen molar-refractivity contribution in [2.45, 2.75) is 19.8 Å². The Balaban J connectivity index is 1.73. The Bertz CT molecular complexity index is 972. The van der Waals surface area contributed by atoms with E-state index in [9.17, 15) is 9.59 Å². The number of ether oxygens (including phenoxy) is 1. The van der Waals surface area contributed by atoms with Crippen LogP contribution < -0.4 is 15.4 Å². The van der Waals surface area contributed by atoms with Crippen LogP contribution in [0, 0.1) is 12.3 Å². The maximum absolute atomic E-state index is 12.2. The standard InChI is InChI=1S/C20H22N6O3/c1-13-17(29-15-7-8-23-16(10-15)14(11-21)12-22-2)5-6-18(24-13)25-20(28)26-9-3-4-19(26)27/h5-8,10-12,21-22H,3-4,9H2,1-2H3,(H,24,25,28)/b14-12+,21-11?. The molecule has 1 aliphatic heterocycles. The van der Waals surface area contributed by atoms with Gasteiger partial charge in [0.05, 0.1) is 11.4 Å². The molecule has 0 atom stereocenters. The van der Waals surface area contributed by atoms with Gasteiger partial charge in [0.25, 0.3) is 0 Å². The molecule has 0 aliphatic carbocycles. The molecule has 9 heteroatoms. The minimum absolute atomic E-state index is 0.177. The summed E-state index contributed by atoms with van der Waals surface area (Å²) < 4.78 is 5.90. The SMILES string of the molecule is CN/C=C(\C=N)c1cc(Oc2ccc(NC(=O)N3CCCC3=O)nc2C)ccn1. The van der Waals surface area contributed by atoms with Crippen LogP contribution in [0.2, 0.25) is 0 Å². The zero-order valence-electron chi connectivity index (χ0n) is 16.2. The van der Waals surface area contributed by atoms with Gasteiger partial charge < -0.3 is 15.5 Å². The second kappa shape index (κ2) is 8.96. The summed E-state index contributed by atoms with van der Waals surface area (Å²) in [4.78, 5) is 33.6. The number of imide groups is 1. The van der Waals surface area contributed by atoms with E-state index in [2.05, 4.69) is 20.6 Å². The molecule has 1 fully saturated rings. The van der Waals surface area contributed by atoms with Crippen LogP contribution in [-0.4, -0.2) is 46.6 Å². The Morgan fingerprint density at radius 2 is 2.17 bits per heavy atom. The van der Waals surface area contributed by atoms with Crippen molar-refractivity contribution in [1.82, 2.24) is 20.2 Å². The van der Waals surface area contributed by atoms with Crippen LogP contribution >= 0.6 is 0 Å². The second-order valence-electron chi connectivity index (χ2n) is 6.37. The molecule has 150 valence electrons. The Labute approximate surface area is 168 Å². The lowest BCUT2D eigenvalue weighted by Gasteiger charge is -2.15. The molecule has 0 bridgehead atoms. The minimum Gasteiger partial charge on any atom is -0.455 e. The van der Waals surface area contributed by atoms with E-state index in [0.29, 0.717) is 53.7 Å². The van der Waals surface area contributed by atoms with Gasteiger partial charge in [-0.1, -0.05) is 0 Å². The second-order valence-corrected chi connectivity index (χ2v) is 6.37. The third kappa shape index (κ3) is 4.75. The topological polar surface area (TPSA) is 120 Å². The monoisotopic (exact) mass is 394 g/mol. The number of aromatic nitrogens is 2. The fraction of sp³-hybridized carbons (Fsp3) is 0.250. The smallest absolute Gasteiger partial charge is 0.329 e. The Morgan fingerprint density at radius 3 is 2.83 bits per heavy atom. The molecule has 2 aromatic heterocycles. The summed E-state index contributed by atoms with van der Waals surface area (Å²) >= 11 is 0. The van der Waals surface area contributed by atoms with Gasteiger partial charge in [0.2, 0.25) is 5.91 Å². The summed E-state index contributed by atoms with van der Waals surface area (Å²) in [6.45, 7) is 2.19. The first kappa shape index (κ1) is 20.0. The maximum Gasteiger partial charge on any atom is 0.329 e. The first-order chi connectivity index (χ1) is 14.0. The van der Waals surface area contributed by atoms with E-state index in [1.807, 2.05) is 0 Å². The number of urea groups is 1. The lowest BCUT2D eigenvalue weighted by atomic mass is 10.2. The predicted molar refractivity (Wildman–Crippen MR) is 109 cm³/mol. The molecule has 0 aromatic carbocycles. The first-order valence-electron chi connectivity index (χ1n) is 9.13. The lowest BCUT2D eigenvalue weighted by Crippen LogP contribution is -2.35. The van der Waals surface area contributed by atoms with Gasteiger partial charge in [-0.25, -0.2) is 9.78 Å². The fourth-order valence-corrected chi connectivity index (χ4v) is 2.87. The van der Waals surface area contributed by atoms with E-state index in [1.165, 1.54) is 11.1 Å². The van der Waals surface area contributed by atoms with E-state index in [1.54, 1.807) is 50.6 Å². The molecule has 9 nitrogen and oxygen atoms in total. The van der Waals surface area contributed by atoms with Gasteiger partial charge in [0.1, 0.15) is 17.3 Å². The van der Waals surface area contributed by atoms with Crippen molar-refractivity contribution in [1.29, 1.82) is 5.41 Å².